The summed E-state index contributed by atoms with van der Waals surface area (Å²) in [5.74, 6) is 0. The van der Waals surface area contributed by atoms with Gasteiger partial charge in [0.2, 0.25) is 0 Å². The first-order valence-electron chi connectivity index (χ1n) is 7.76. The molecule has 1 aliphatic carbocycles. The Labute approximate surface area is 115 Å². The van der Waals surface area contributed by atoms with Gasteiger partial charge in [-0.15, -0.1) is 0 Å². The van der Waals surface area contributed by atoms with Crippen molar-refractivity contribution in [2.45, 2.75) is 59.8 Å². The summed E-state index contributed by atoms with van der Waals surface area (Å²) in [7, 11) is 2.30. The van der Waals surface area contributed by atoms with E-state index in [0.717, 1.165) is 6.54 Å². The van der Waals surface area contributed by atoms with Crippen molar-refractivity contribution in [3.8, 4) is 0 Å². The highest BCUT2D eigenvalue weighted by Gasteiger charge is 2.33. The van der Waals surface area contributed by atoms with E-state index < -0.39 is 0 Å². The third kappa shape index (κ3) is 5.71. The second-order valence-corrected chi connectivity index (χ2v) is 7.57. The number of hydrogen-bond acceptors (Lipinski definition) is 2. The van der Waals surface area contributed by atoms with Crippen LogP contribution in [0.5, 0.6) is 0 Å². The number of nitrogens with zero attached hydrogens (tertiary/aromatic N) is 1. The van der Waals surface area contributed by atoms with Crippen LogP contribution in [-0.4, -0.2) is 38.1 Å². The first kappa shape index (κ1) is 16.0. The number of hydrogen-bond donors (Lipinski definition) is 1. The highest BCUT2D eigenvalue weighted by Crippen LogP contribution is 2.36. The van der Waals surface area contributed by atoms with E-state index in [1.54, 1.807) is 0 Å². The minimum Gasteiger partial charge on any atom is -0.316 e. The molecule has 0 aromatic heterocycles. The van der Waals surface area contributed by atoms with E-state index in [9.17, 15) is 0 Å². The summed E-state index contributed by atoms with van der Waals surface area (Å²) in [4.78, 5) is 2.56. The Kier molecular flexibility index (Phi) is 6.13. The smallest absolute Gasteiger partial charge is 0.00473 e. The van der Waals surface area contributed by atoms with E-state index in [4.69, 9.17) is 0 Å². The fourth-order valence-corrected chi connectivity index (χ4v) is 3.52. The molecule has 2 heteroatoms. The van der Waals surface area contributed by atoms with Gasteiger partial charge >= 0.3 is 0 Å². The maximum atomic E-state index is 3.60. The van der Waals surface area contributed by atoms with Crippen LogP contribution in [0.15, 0.2) is 0 Å². The van der Waals surface area contributed by atoms with Gasteiger partial charge in [0.05, 0.1) is 0 Å². The molecule has 0 heterocycles. The van der Waals surface area contributed by atoms with Gasteiger partial charge in [-0.1, -0.05) is 47.0 Å². The normalized spacial score (nSPS) is 20.3. The van der Waals surface area contributed by atoms with Gasteiger partial charge in [-0.3, -0.25) is 0 Å². The zero-order valence-electron chi connectivity index (χ0n) is 13.3. The van der Waals surface area contributed by atoms with E-state index in [-0.39, 0.29) is 0 Å². The first-order valence-corrected chi connectivity index (χ1v) is 7.76. The maximum absolute atomic E-state index is 3.60. The Morgan fingerprint density at radius 2 is 1.72 bits per heavy atom. The lowest BCUT2D eigenvalue weighted by molar-refractivity contribution is 0.0980. The van der Waals surface area contributed by atoms with E-state index in [0.29, 0.717) is 10.8 Å². The molecule has 0 spiro atoms. The predicted octanol–water partition coefficient (Wildman–Crippen LogP) is 3.52. The standard InChI is InChI=1S/C16H34N2/c1-6-17-12-16(10-8-7-9-11-16)14-18(5)13-15(2,3)4/h17H,6-14H2,1-5H3. The number of nitrogens with one attached hydrogen (secondary N) is 1. The SMILES string of the molecule is CCNCC1(CN(C)CC(C)(C)C)CCCCC1. The Balaban J connectivity index is 2.54. The molecule has 0 aliphatic heterocycles. The molecule has 18 heavy (non-hydrogen) atoms. The van der Waals surface area contributed by atoms with Crippen molar-refractivity contribution in [3.05, 3.63) is 0 Å². The van der Waals surface area contributed by atoms with Crippen LogP contribution in [0.2, 0.25) is 0 Å². The molecule has 2 nitrogen and oxygen atoms in total. The summed E-state index contributed by atoms with van der Waals surface area (Å²) in [6, 6.07) is 0. The van der Waals surface area contributed by atoms with Gasteiger partial charge in [0.1, 0.15) is 0 Å². The van der Waals surface area contributed by atoms with Crippen LogP contribution in [0.3, 0.4) is 0 Å². The average Bonchev–Trinajstić information content (AvgIpc) is 2.25. The minimum atomic E-state index is 0.406. The summed E-state index contributed by atoms with van der Waals surface area (Å²) >= 11 is 0. The second kappa shape index (κ2) is 6.91. The third-order valence-electron chi connectivity index (χ3n) is 4.01. The molecule has 1 saturated carbocycles. The molecule has 0 amide bonds. The summed E-state index contributed by atoms with van der Waals surface area (Å²) in [6.07, 6.45) is 7.11. The van der Waals surface area contributed by atoms with Crippen LogP contribution in [-0.2, 0) is 0 Å². The Morgan fingerprint density at radius 3 is 2.22 bits per heavy atom. The van der Waals surface area contributed by atoms with Gasteiger partial charge in [-0.25, -0.2) is 0 Å². The molecular weight excluding hydrogens is 220 g/mol. The van der Waals surface area contributed by atoms with Gasteiger partial charge < -0.3 is 10.2 Å². The van der Waals surface area contributed by atoms with E-state index >= 15 is 0 Å². The van der Waals surface area contributed by atoms with Crippen molar-refractivity contribution in [2.75, 3.05) is 33.2 Å². The van der Waals surface area contributed by atoms with Gasteiger partial charge in [0, 0.05) is 19.6 Å². The molecule has 1 N–H and O–H groups in total. The minimum absolute atomic E-state index is 0.406. The molecule has 0 aromatic rings. The van der Waals surface area contributed by atoms with Crippen LogP contribution in [0, 0.1) is 10.8 Å². The molecule has 0 atom stereocenters. The van der Waals surface area contributed by atoms with E-state index in [1.165, 1.54) is 51.7 Å². The van der Waals surface area contributed by atoms with E-state index in [1.807, 2.05) is 0 Å². The predicted molar refractivity (Wildman–Crippen MR) is 81.0 cm³/mol. The molecular formula is C16H34N2. The van der Waals surface area contributed by atoms with E-state index in [2.05, 4.69) is 45.0 Å². The fourth-order valence-electron chi connectivity index (χ4n) is 3.52. The van der Waals surface area contributed by atoms with Gasteiger partial charge in [-0.05, 0) is 37.3 Å². The molecule has 108 valence electrons. The lowest BCUT2D eigenvalue weighted by atomic mass is 9.73. The van der Waals surface area contributed by atoms with Crippen molar-refractivity contribution < 1.29 is 0 Å². The van der Waals surface area contributed by atoms with Crippen molar-refractivity contribution in [1.29, 1.82) is 0 Å². The van der Waals surface area contributed by atoms with Crippen molar-refractivity contribution >= 4 is 0 Å². The van der Waals surface area contributed by atoms with Crippen LogP contribution in [0.1, 0.15) is 59.8 Å². The highest BCUT2D eigenvalue weighted by molar-refractivity contribution is 4.88. The highest BCUT2D eigenvalue weighted by atomic mass is 15.1. The van der Waals surface area contributed by atoms with Crippen molar-refractivity contribution in [1.82, 2.24) is 10.2 Å². The van der Waals surface area contributed by atoms with Crippen LogP contribution in [0.4, 0.5) is 0 Å². The zero-order valence-corrected chi connectivity index (χ0v) is 13.3. The molecule has 0 unspecified atom stereocenters. The maximum Gasteiger partial charge on any atom is 0.00473 e. The topological polar surface area (TPSA) is 15.3 Å². The summed E-state index contributed by atoms with van der Waals surface area (Å²) in [5, 5.41) is 3.60. The molecule has 0 aromatic carbocycles. The molecule has 0 saturated heterocycles. The van der Waals surface area contributed by atoms with Gasteiger partial charge in [0.25, 0.3) is 0 Å². The Hall–Kier alpha value is -0.0800. The lowest BCUT2D eigenvalue weighted by Gasteiger charge is -2.41. The Morgan fingerprint density at radius 1 is 1.11 bits per heavy atom. The summed E-state index contributed by atoms with van der Waals surface area (Å²) in [5.41, 5.74) is 0.942. The molecule has 0 radical (unpaired) electrons. The summed E-state index contributed by atoms with van der Waals surface area (Å²) in [6.45, 7) is 14.0. The molecule has 1 fully saturated rings. The monoisotopic (exact) mass is 254 g/mol. The molecule has 0 bridgehead atoms. The van der Waals surface area contributed by atoms with Gasteiger partial charge in [0.15, 0.2) is 0 Å². The fraction of sp³-hybridized carbons (Fsp3) is 1.00. The van der Waals surface area contributed by atoms with Crippen LogP contribution < -0.4 is 5.32 Å². The number of rotatable bonds is 6. The van der Waals surface area contributed by atoms with Crippen LogP contribution >= 0.6 is 0 Å². The Bertz CT molecular complexity index is 224. The first-order chi connectivity index (χ1) is 8.37. The lowest BCUT2D eigenvalue weighted by Crippen LogP contribution is -2.46. The third-order valence-corrected chi connectivity index (χ3v) is 4.01. The second-order valence-electron chi connectivity index (χ2n) is 7.57. The average molecular weight is 254 g/mol. The van der Waals surface area contributed by atoms with Gasteiger partial charge in [-0.2, -0.15) is 0 Å². The zero-order chi connectivity index (χ0) is 13.6. The van der Waals surface area contributed by atoms with Crippen LogP contribution in [0.25, 0.3) is 0 Å². The van der Waals surface area contributed by atoms with Crippen molar-refractivity contribution in [3.63, 3.8) is 0 Å². The summed E-state index contributed by atoms with van der Waals surface area (Å²) < 4.78 is 0. The molecule has 1 rings (SSSR count). The quantitative estimate of drug-likeness (QED) is 0.780. The van der Waals surface area contributed by atoms with Crippen molar-refractivity contribution in [2.24, 2.45) is 10.8 Å². The largest absolute Gasteiger partial charge is 0.316 e. The molecule has 1 aliphatic rings.